The van der Waals surface area contributed by atoms with E-state index in [0.717, 1.165) is 11.1 Å². The molecule has 1 atom stereocenters. The molecule has 0 aliphatic rings. The standard InChI is InChI=1S/C20H22N2O4/c1-13-8-10-16(11-9-13)20(25)21-12-18(23)26-15(3)19(24)22-17-7-5-4-6-14(17)2/h4-11,15H,12H2,1-3H3,(H,21,25)(H,22,24)/t15-/m1/s1. The predicted molar refractivity (Wildman–Crippen MR) is 98.9 cm³/mol. The maximum atomic E-state index is 12.1. The Bertz CT molecular complexity index is 800. The first kappa shape index (κ1) is 19.2. The van der Waals surface area contributed by atoms with E-state index in [1.165, 1.54) is 6.92 Å². The second-order valence-corrected chi connectivity index (χ2v) is 5.98. The number of carbonyl (C=O) groups excluding carboxylic acids is 3. The fraction of sp³-hybridized carbons (Fsp3) is 0.250. The zero-order valence-electron chi connectivity index (χ0n) is 15.0. The van der Waals surface area contributed by atoms with E-state index in [9.17, 15) is 14.4 Å². The molecule has 2 N–H and O–H groups in total. The molecule has 2 aromatic carbocycles. The van der Waals surface area contributed by atoms with Gasteiger partial charge in [0.25, 0.3) is 11.8 Å². The number of hydrogen-bond acceptors (Lipinski definition) is 4. The van der Waals surface area contributed by atoms with Gasteiger partial charge in [-0.05, 0) is 44.5 Å². The topological polar surface area (TPSA) is 84.5 Å². The fourth-order valence-electron chi connectivity index (χ4n) is 2.20. The summed E-state index contributed by atoms with van der Waals surface area (Å²) in [4.78, 5) is 35.9. The number of ether oxygens (including phenoxy) is 1. The van der Waals surface area contributed by atoms with Gasteiger partial charge in [0.05, 0.1) is 0 Å². The molecule has 2 aromatic rings. The third-order valence-corrected chi connectivity index (χ3v) is 3.79. The highest BCUT2D eigenvalue weighted by Gasteiger charge is 2.19. The molecule has 0 saturated heterocycles. The smallest absolute Gasteiger partial charge is 0.326 e. The number of amides is 2. The lowest BCUT2D eigenvalue weighted by molar-refractivity contribution is -0.152. The Kier molecular flexibility index (Phi) is 6.49. The van der Waals surface area contributed by atoms with Crippen molar-refractivity contribution in [1.82, 2.24) is 5.32 Å². The third kappa shape index (κ3) is 5.44. The van der Waals surface area contributed by atoms with Crippen LogP contribution in [0.15, 0.2) is 48.5 Å². The SMILES string of the molecule is Cc1ccc(C(=O)NCC(=O)O[C@H](C)C(=O)Nc2ccccc2C)cc1. The van der Waals surface area contributed by atoms with E-state index in [2.05, 4.69) is 10.6 Å². The monoisotopic (exact) mass is 354 g/mol. The molecular weight excluding hydrogens is 332 g/mol. The summed E-state index contributed by atoms with van der Waals surface area (Å²) >= 11 is 0. The molecule has 0 aliphatic heterocycles. The van der Waals surface area contributed by atoms with Gasteiger partial charge in [-0.1, -0.05) is 35.9 Å². The molecule has 0 heterocycles. The number of aryl methyl sites for hydroxylation is 2. The van der Waals surface area contributed by atoms with Gasteiger partial charge in [-0.2, -0.15) is 0 Å². The lowest BCUT2D eigenvalue weighted by Gasteiger charge is -2.15. The van der Waals surface area contributed by atoms with Crippen molar-refractivity contribution in [2.24, 2.45) is 0 Å². The first-order valence-corrected chi connectivity index (χ1v) is 8.27. The summed E-state index contributed by atoms with van der Waals surface area (Å²) in [6.07, 6.45) is -0.974. The Labute approximate surface area is 152 Å². The van der Waals surface area contributed by atoms with Crippen molar-refractivity contribution in [2.75, 3.05) is 11.9 Å². The van der Waals surface area contributed by atoms with Gasteiger partial charge in [-0.15, -0.1) is 0 Å². The van der Waals surface area contributed by atoms with Gasteiger partial charge in [0.1, 0.15) is 6.54 Å². The number of esters is 1. The van der Waals surface area contributed by atoms with Crippen LogP contribution < -0.4 is 10.6 Å². The van der Waals surface area contributed by atoms with Crippen molar-refractivity contribution >= 4 is 23.5 Å². The highest BCUT2D eigenvalue weighted by Crippen LogP contribution is 2.13. The number of para-hydroxylation sites is 1. The normalized spacial score (nSPS) is 11.3. The van der Waals surface area contributed by atoms with E-state index in [1.807, 2.05) is 38.1 Å². The molecule has 0 aromatic heterocycles. The molecule has 2 rings (SSSR count). The number of carbonyl (C=O) groups is 3. The summed E-state index contributed by atoms with van der Waals surface area (Å²) in [5.74, 6) is -1.49. The second kappa shape index (κ2) is 8.80. The predicted octanol–water partition coefficient (Wildman–Crippen LogP) is 2.60. The summed E-state index contributed by atoms with van der Waals surface area (Å²) in [5.41, 5.74) is 3.06. The fourth-order valence-corrected chi connectivity index (χ4v) is 2.20. The van der Waals surface area contributed by atoms with E-state index >= 15 is 0 Å². The van der Waals surface area contributed by atoms with Crippen LogP contribution in [0.25, 0.3) is 0 Å². The Morgan fingerprint density at radius 1 is 1.00 bits per heavy atom. The lowest BCUT2D eigenvalue weighted by Crippen LogP contribution is -2.35. The highest BCUT2D eigenvalue weighted by molar-refractivity contribution is 5.97. The Balaban J connectivity index is 1.81. The summed E-state index contributed by atoms with van der Waals surface area (Å²) in [5, 5.41) is 5.18. The molecular formula is C20H22N2O4. The molecule has 0 saturated carbocycles. The maximum Gasteiger partial charge on any atom is 0.326 e. The van der Waals surface area contributed by atoms with Gasteiger partial charge in [-0.25, -0.2) is 0 Å². The molecule has 136 valence electrons. The van der Waals surface area contributed by atoms with Gasteiger partial charge >= 0.3 is 5.97 Å². The molecule has 0 spiro atoms. The zero-order valence-corrected chi connectivity index (χ0v) is 15.0. The van der Waals surface area contributed by atoms with Crippen molar-refractivity contribution in [2.45, 2.75) is 26.9 Å². The molecule has 2 amide bonds. The molecule has 0 aliphatic carbocycles. The Morgan fingerprint density at radius 3 is 2.31 bits per heavy atom. The minimum atomic E-state index is -0.974. The van der Waals surface area contributed by atoms with Crippen LogP contribution in [0.1, 0.15) is 28.4 Å². The first-order valence-electron chi connectivity index (χ1n) is 8.27. The van der Waals surface area contributed by atoms with Crippen molar-refractivity contribution in [3.63, 3.8) is 0 Å². The summed E-state index contributed by atoms with van der Waals surface area (Å²) < 4.78 is 5.06. The Morgan fingerprint density at radius 2 is 1.65 bits per heavy atom. The van der Waals surface area contributed by atoms with E-state index in [4.69, 9.17) is 4.74 Å². The molecule has 0 unspecified atom stereocenters. The second-order valence-electron chi connectivity index (χ2n) is 5.98. The van der Waals surface area contributed by atoms with Crippen LogP contribution in [-0.4, -0.2) is 30.4 Å². The minimum absolute atomic E-state index is 0.311. The molecule has 6 nitrogen and oxygen atoms in total. The maximum absolute atomic E-state index is 12.1. The van der Waals surface area contributed by atoms with Crippen LogP contribution in [0.4, 0.5) is 5.69 Å². The molecule has 26 heavy (non-hydrogen) atoms. The summed E-state index contributed by atoms with van der Waals surface area (Å²) in [6.45, 7) is 4.96. The van der Waals surface area contributed by atoms with Crippen molar-refractivity contribution < 1.29 is 19.1 Å². The largest absolute Gasteiger partial charge is 0.451 e. The van der Waals surface area contributed by atoms with E-state index < -0.39 is 18.0 Å². The van der Waals surface area contributed by atoms with Crippen LogP contribution in [0.2, 0.25) is 0 Å². The zero-order chi connectivity index (χ0) is 19.1. The number of nitrogens with one attached hydrogen (secondary N) is 2. The van der Waals surface area contributed by atoms with Gasteiger partial charge in [0.15, 0.2) is 6.10 Å². The van der Waals surface area contributed by atoms with E-state index in [1.54, 1.807) is 24.3 Å². The highest BCUT2D eigenvalue weighted by atomic mass is 16.5. The van der Waals surface area contributed by atoms with Crippen LogP contribution >= 0.6 is 0 Å². The van der Waals surface area contributed by atoms with Gasteiger partial charge in [0, 0.05) is 11.3 Å². The number of benzene rings is 2. The van der Waals surface area contributed by atoms with Crippen molar-refractivity contribution in [3.8, 4) is 0 Å². The lowest BCUT2D eigenvalue weighted by atomic mass is 10.1. The average Bonchev–Trinajstić information content (AvgIpc) is 2.62. The van der Waals surface area contributed by atoms with E-state index in [0.29, 0.717) is 11.3 Å². The quantitative estimate of drug-likeness (QED) is 0.781. The minimum Gasteiger partial charge on any atom is -0.451 e. The third-order valence-electron chi connectivity index (χ3n) is 3.79. The van der Waals surface area contributed by atoms with E-state index in [-0.39, 0.29) is 12.5 Å². The summed E-state index contributed by atoms with van der Waals surface area (Å²) in [6, 6.07) is 14.3. The Hall–Kier alpha value is -3.15. The molecule has 0 fully saturated rings. The van der Waals surface area contributed by atoms with Gasteiger partial charge in [0.2, 0.25) is 0 Å². The number of anilines is 1. The van der Waals surface area contributed by atoms with Gasteiger partial charge < -0.3 is 15.4 Å². The number of hydrogen-bond donors (Lipinski definition) is 2. The average molecular weight is 354 g/mol. The van der Waals surface area contributed by atoms with Crippen molar-refractivity contribution in [1.29, 1.82) is 0 Å². The number of rotatable bonds is 6. The van der Waals surface area contributed by atoms with Crippen LogP contribution in [0, 0.1) is 13.8 Å². The molecule has 0 bridgehead atoms. The summed E-state index contributed by atoms with van der Waals surface area (Å²) in [7, 11) is 0. The van der Waals surface area contributed by atoms with Crippen LogP contribution in [0.3, 0.4) is 0 Å². The van der Waals surface area contributed by atoms with Crippen LogP contribution in [-0.2, 0) is 14.3 Å². The first-order chi connectivity index (χ1) is 12.4. The molecule has 0 radical (unpaired) electrons. The van der Waals surface area contributed by atoms with Crippen LogP contribution in [0.5, 0.6) is 0 Å². The van der Waals surface area contributed by atoms with Gasteiger partial charge in [-0.3, -0.25) is 14.4 Å². The molecule has 6 heteroatoms. The van der Waals surface area contributed by atoms with Crippen molar-refractivity contribution in [3.05, 3.63) is 65.2 Å².